The van der Waals surface area contributed by atoms with Crippen LogP contribution in [0.25, 0.3) is 82.4 Å². The molecule has 0 amide bonds. The number of rotatable bonds is 5. The molecule has 48 heavy (non-hydrogen) atoms. The van der Waals surface area contributed by atoms with Crippen LogP contribution in [0.15, 0.2) is 176 Å². The minimum atomic E-state index is 0.827. The fourth-order valence-corrected chi connectivity index (χ4v) is 7.27. The number of hydrogen-bond acceptors (Lipinski definition) is 2. The molecule has 226 valence electrons. The summed E-state index contributed by atoms with van der Waals surface area (Å²) in [5.74, 6) is 0. The molecule has 2 nitrogen and oxygen atoms in total. The molecule has 2 heterocycles. The van der Waals surface area contributed by atoms with Gasteiger partial charge in [0.2, 0.25) is 0 Å². The number of allylic oxidation sites excluding steroid dienone is 2. The molecule has 8 aromatic rings. The van der Waals surface area contributed by atoms with Crippen molar-refractivity contribution in [2.24, 2.45) is 0 Å². The van der Waals surface area contributed by atoms with Crippen LogP contribution in [0.4, 0.5) is 0 Å². The van der Waals surface area contributed by atoms with E-state index in [1.54, 1.807) is 0 Å². The molecule has 9 rings (SSSR count). The van der Waals surface area contributed by atoms with Crippen LogP contribution in [0.5, 0.6) is 0 Å². The zero-order valence-electron chi connectivity index (χ0n) is 26.4. The van der Waals surface area contributed by atoms with Gasteiger partial charge in [-0.3, -0.25) is 4.98 Å². The second-order valence-electron chi connectivity index (χ2n) is 12.4. The van der Waals surface area contributed by atoms with E-state index in [2.05, 4.69) is 168 Å². The third kappa shape index (κ3) is 4.96. The lowest BCUT2D eigenvalue weighted by Gasteiger charge is -2.16. The van der Waals surface area contributed by atoms with Crippen LogP contribution in [0.1, 0.15) is 5.56 Å². The molecule has 0 saturated heterocycles. The third-order valence-electron chi connectivity index (χ3n) is 9.59. The van der Waals surface area contributed by atoms with Gasteiger partial charge in [0.25, 0.3) is 0 Å². The number of pyridine rings is 1. The van der Waals surface area contributed by atoms with E-state index in [4.69, 9.17) is 0 Å². The molecule has 0 saturated carbocycles. The van der Waals surface area contributed by atoms with Gasteiger partial charge in [-0.25, -0.2) is 0 Å². The van der Waals surface area contributed by atoms with Crippen molar-refractivity contribution in [3.63, 3.8) is 0 Å². The molecule has 1 N–H and O–H groups in total. The van der Waals surface area contributed by atoms with Gasteiger partial charge in [0, 0.05) is 18.9 Å². The van der Waals surface area contributed by atoms with Crippen LogP contribution in [0.2, 0.25) is 0 Å². The monoisotopic (exact) mass is 612 g/mol. The minimum absolute atomic E-state index is 0.827. The van der Waals surface area contributed by atoms with E-state index >= 15 is 0 Å². The summed E-state index contributed by atoms with van der Waals surface area (Å²) in [5.41, 5.74) is 12.0. The lowest BCUT2D eigenvalue weighted by Crippen LogP contribution is -2.08. The van der Waals surface area contributed by atoms with Crippen LogP contribution in [0, 0.1) is 0 Å². The summed E-state index contributed by atoms with van der Waals surface area (Å²) in [4.78, 5) is 4.26. The first-order chi connectivity index (χ1) is 23.8. The second kappa shape index (κ2) is 11.8. The normalized spacial score (nSPS) is 12.7. The maximum atomic E-state index is 4.26. The maximum absolute atomic E-state index is 4.26. The highest BCUT2D eigenvalue weighted by Crippen LogP contribution is 2.40. The Morgan fingerprint density at radius 1 is 0.396 bits per heavy atom. The number of nitrogens with zero attached hydrogens (tertiary/aromatic N) is 1. The summed E-state index contributed by atoms with van der Waals surface area (Å²) in [7, 11) is 0. The molecule has 1 aliphatic rings. The predicted octanol–water partition coefficient (Wildman–Crippen LogP) is 11.7. The molecule has 0 spiro atoms. The fourth-order valence-electron chi connectivity index (χ4n) is 7.27. The van der Waals surface area contributed by atoms with Crippen molar-refractivity contribution < 1.29 is 0 Å². The summed E-state index contributed by atoms with van der Waals surface area (Å²) in [6.07, 6.45) is 10.2. The molecule has 1 aromatic heterocycles. The molecular formula is C46H32N2. The van der Waals surface area contributed by atoms with Gasteiger partial charge in [0.1, 0.15) is 0 Å². The molecule has 2 heteroatoms. The zero-order valence-corrected chi connectivity index (χ0v) is 26.4. The highest BCUT2D eigenvalue weighted by molar-refractivity contribution is 6.25. The van der Waals surface area contributed by atoms with Crippen LogP contribution < -0.4 is 5.32 Å². The van der Waals surface area contributed by atoms with Crippen molar-refractivity contribution in [3.05, 3.63) is 182 Å². The van der Waals surface area contributed by atoms with Gasteiger partial charge in [0.05, 0.1) is 0 Å². The Hall–Kier alpha value is -6.25. The lowest BCUT2D eigenvalue weighted by atomic mass is 9.88. The Bertz CT molecular complexity index is 2520. The number of dihydropyridines is 1. The predicted molar refractivity (Wildman–Crippen MR) is 204 cm³/mol. The Morgan fingerprint density at radius 3 is 1.60 bits per heavy atom. The number of hydrogen-bond donors (Lipinski definition) is 1. The standard InChI is InChI=1S/C46H32N2/c1-2-11-40(35-16-17-45-43-14-4-3-12-41(43)42-13-5-6-15-44(42)46(45)30-35)39(10-1)34-9-7-8-33(26-34)38-28-36(31-18-22-47-23-19-31)27-37(29-38)32-20-24-48-25-21-32/h1-24,26-30,48H,25H2. The van der Waals surface area contributed by atoms with E-state index in [1.165, 1.54) is 82.4 Å². The molecule has 0 radical (unpaired) electrons. The SMILES string of the molecule is C1=CC(c2cc(-c3ccncc3)cc(-c3cccc(-c4ccccc4-c4ccc5c6ccccc6c6ccccc6c5c4)c3)c2)=CCN1. The molecule has 0 fully saturated rings. The number of nitrogens with one attached hydrogen (secondary N) is 1. The van der Waals surface area contributed by atoms with E-state index in [-0.39, 0.29) is 0 Å². The first-order valence-electron chi connectivity index (χ1n) is 16.5. The topological polar surface area (TPSA) is 24.9 Å². The molecule has 1 aliphatic heterocycles. The number of fused-ring (bicyclic) bond motifs is 6. The average Bonchev–Trinajstić information content (AvgIpc) is 3.18. The average molecular weight is 613 g/mol. The maximum Gasteiger partial charge on any atom is 0.0334 e. The van der Waals surface area contributed by atoms with Gasteiger partial charge < -0.3 is 5.32 Å². The summed E-state index contributed by atoms with van der Waals surface area (Å²) in [5, 5.41) is 11.0. The van der Waals surface area contributed by atoms with Gasteiger partial charge >= 0.3 is 0 Å². The Kier molecular flexibility index (Phi) is 6.91. The van der Waals surface area contributed by atoms with E-state index < -0.39 is 0 Å². The van der Waals surface area contributed by atoms with Crippen LogP contribution in [0.3, 0.4) is 0 Å². The molecule has 0 atom stereocenters. The van der Waals surface area contributed by atoms with E-state index in [9.17, 15) is 0 Å². The van der Waals surface area contributed by atoms with Crippen LogP contribution >= 0.6 is 0 Å². The Morgan fingerprint density at radius 2 is 0.938 bits per heavy atom. The van der Waals surface area contributed by atoms with E-state index in [1.807, 2.05) is 18.6 Å². The first kappa shape index (κ1) is 28.0. The molecule has 0 unspecified atom stereocenters. The van der Waals surface area contributed by atoms with E-state index in [0.717, 1.165) is 12.1 Å². The highest BCUT2D eigenvalue weighted by Gasteiger charge is 2.14. The van der Waals surface area contributed by atoms with Crippen LogP contribution in [-0.4, -0.2) is 11.5 Å². The summed E-state index contributed by atoms with van der Waals surface area (Å²) in [6, 6.07) is 53.4. The number of benzene rings is 7. The molecule has 0 bridgehead atoms. The zero-order chi connectivity index (χ0) is 31.9. The van der Waals surface area contributed by atoms with Gasteiger partial charge in [-0.1, -0.05) is 109 Å². The summed E-state index contributed by atoms with van der Waals surface area (Å²) >= 11 is 0. The summed E-state index contributed by atoms with van der Waals surface area (Å²) in [6.45, 7) is 0.827. The molecule has 7 aromatic carbocycles. The summed E-state index contributed by atoms with van der Waals surface area (Å²) < 4.78 is 0. The van der Waals surface area contributed by atoms with Crippen molar-refractivity contribution in [2.45, 2.75) is 0 Å². The third-order valence-corrected chi connectivity index (χ3v) is 9.59. The fraction of sp³-hybridized carbons (Fsp3) is 0.0217. The smallest absolute Gasteiger partial charge is 0.0334 e. The number of aromatic nitrogens is 1. The lowest BCUT2D eigenvalue weighted by molar-refractivity contribution is 0.976. The van der Waals surface area contributed by atoms with Crippen molar-refractivity contribution in [2.75, 3.05) is 6.54 Å². The van der Waals surface area contributed by atoms with Gasteiger partial charge in [-0.15, -0.1) is 0 Å². The second-order valence-corrected chi connectivity index (χ2v) is 12.4. The largest absolute Gasteiger partial charge is 0.387 e. The molecular weight excluding hydrogens is 581 g/mol. The Balaban J connectivity index is 1.18. The highest BCUT2D eigenvalue weighted by atomic mass is 14.8. The van der Waals surface area contributed by atoms with Crippen LogP contribution in [-0.2, 0) is 0 Å². The van der Waals surface area contributed by atoms with E-state index in [0.29, 0.717) is 0 Å². The van der Waals surface area contributed by atoms with Gasteiger partial charge in [-0.05, 0) is 143 Å². The quantitative estimate of drug-likeness (QED) is 0.196. The minimum Gasteiger partial charge on any atom is -0.387 e. The van der Waals surface area contributed by atoms with Crippen molar-refractivity contribution in [3.8, 4) is 44.5 Å². The van der Waals surface area contributed by atoms with Crippen molar-refractivity contribution in [1.29, 1.82) is 0 Å². The first-order valence-corrected chi connectivity index (χ1v) is 16.5. The van der Waals surface area contributed by atoms with Gasteiger partial charge in [-0.2, -0.15) is 0 Å². The van der Waals surface area contributed by atoms with Gasteiger partial charge in [0.15, 0.2) is 0 Å². The molecule has 0 aliphatic carbocycles. The Labute approximate surface area is 280 Å². The van der Waals surface area contributed by atoms with Crippen molar-refractivity contribution in [1.82, 2.24) is 10.3 Å². The van der Waals surface area contributed by atoms with Crippen molar-refractivity contribution >= 4 is 37.9 Å².